The van der Waals surface area contributed by atoms with E-state index in [9.17, 15) is 0 Å². The van der Waals surface area contributed by atoms with E-state index in [1.54, 1.807) is 0 Å². The predicted octanol–water partition coefficient (Wildman–Crippen LogP) is 2.31. The van der Waals surface area contributed by atoms with Crippen molar-refractivity contribution in [2.45, 2.75) is 70.5 Å². The fourth-order valence-electron chi connectivity index (χ4n) is 5.09. The summed E-state index contributed by atoms with van der Waals surface area (Å²) in [4.78, 5) is 5.64. The molecule has 2 bridgehead atoms. The lowest BCUT2D eigenvalue weighted by Gasteiger charge is -2.49. The third-order valence-corrected chi connectivity index (χ3v) is 6.22. The van der Waals surface area contributed by atoms with Crippen molar-refractivity contribution >= 4 is 0 Å². The SMILES string of the molecule is CCCN1CC2C3CCN(CC3)C2C1CCC(N)CC. The van der Waals surface area contributed by atoms with Gasteiger partial charge in [0.1, 0.15) is 0 Å². The Balaban J connectivity index is 1.70. The second-order valence-corrected chi connectivity index (χ2v) is 7.34. The van der Waals surface area contributed by atoms with Crippen molar-refractivity contribution in [3.63, 3.8) is 0 Å². The van der Waals surface area contributed by atoms with E-state index >= 15 is 0 Å². The molecule has 4 heterocycles. The molecule has 3 heteroatoms. The zero-order chi connectivity index (χ0) is 14.1. The van der Waals surface area contributed by atoms with Crippen molar-refractivity contribution in [1.29, 1.82) is 0 Å². The quantitative estimate of drug-likeness (QED) is 0.810. The van der Waals surface area contributed by atoms with E-state index < -0.39 is 0 Å². The van der Waals surface area contributed by atoms with Gasteiger partial charge in [0.15, 0.2) is 0 Å². The lowest BCUT2D eigenvalue weighted by molar-refractivity contribution is 0.00182. The molecular formula is C17H33N3. The van der Waals surface area contributed by atoms with Crippen LogP contribution in [0.4, 0.5) is 0 Å². The Morgan fingerprint density at radius 3 is 2.60 bits per heavy atom. The zero-order valence-electron chi connectivity index (χ0n) is 13.4. The van der Waals surface area contributed by atoms with Crippen molar-refractivity contribution in [3.8, 4) is 0 Å². The highest BCUT2D eigenvalue weighted by atomic mass is 15.3. The summed E-state index contributed by atoms with van der Waals surface area (Å²) in [6.07, 6.45) is 7.87. The van der Waals surface area contributed by atoms with Crippen molar-refractivity contribution in [3.05, 3.63) is 0 Å². The molecule has 0 amide bonds. The highest BCUT2D eigenvalue weighted by molar-refractivity contribution is 5.06. The minimum Gasteiger partial charge on any atom is -0.328 e. The molecule has 0 aromatic heterocycles. The number of nitrogens with zero attached hydrogens (tertiary/aromatic N) is 2. The molecular weight excluding hydrogens is 246 g/mol. The number of hydrogen-bond donors (Lipinski definition) is 1. The largest absolute Gasteiger partial charge is 0.328 e. The summed E-state index contributed by atoms with van der Waals surface area (Å²) in [5.41, 5.74) is 6.18. The van der Waals surface area contributed by atoms with Crippen molar-refractivity contribution in [2.75, 3.05) is 26.2 Å². The van der Waals surface area contributed by atoms with Crippen LogP contribution >= 0.6 is 0 Å². The summed E-state index contributed by atoms with van der Waals surface area (Å²) in [7, 11) is 0. The maximum atomic E-state index is 6.18. The molecule has 0 saturated carbocycles. The Hall–Kier alpha value is -0.120. The van der Waals surface area contributed by atoms with E-state index in [1.165, 1.54) is 58.3 Å². The number of nitrogens with two attached hydrogens (primary N) is 1. The van der Waals surface area contributed by atoms with Crippen LogP contribution in [-0.4, -0.2) is 54.1 Å². The standard InChI is InChI=1S/C17H33N3/c1-3-9-20-12-15-13-7-10-19(11-8-13)17(15)16(20)6-5-14(18)4-2/h13-17H,3-12,18H2,1-2H3. The molecule has 3 nitrogen and oxygen atoms in total. The molecule has 4 unspecified atom stereocenters. The van der Waals surface area contributed by atoms with Crippen LogP contribution in [0.15, 0.2) is 0 Å². The molecule has 2 N–H and O–H groups in total. The highest BCUT2D eigenvalue weighted by Crippen LogP contribution is 2.45. The summed E-state index contributed by atoms with van der Waals surface area (Å²) in [5.74, 6) is 1.99. The lowest BCUT2D eigenvalue weighted by atomic mass is 9.73. The van der Waals surface area contributed by atoms with E-state index in [1.807, 2.05) is 0 Å². The number of likely N-dealkylation sites (tertiary alicyclic amines) is 1. The Labute approximate surface area is 124 Å². The maximum absolute atomic E-state index is 6.18. The van der Waals surface area contributed by atoms with Gasteiger partial charge in [0.05, 0.1) is 0 Å². The Bertz CT molecular complexity index is 311. The minimum atomic E-state index is 0.410. The average Bonchev–Trinajstić information content (AvgIpc) is 2.86. The molecule has 4 atom stereocenters. The van der Waals surface area contributed by atoms with Gasteiger partial charge in [-0.2, -0.15) is 0 Å². The van der Waals surface area contributed by atoms with Gasteiger partial charge in [-0.3, -0.25) is 9.80 Å². The van der Waals surface area contributed by atoms with Crippen LogP contribution in [0, 0.1) is 11.8 Å². The minimum absolute atomic E-state index is 0.410. The van der Waals surface area contributed by atoms with Crippen LogP contribution in [0.25, 0.3) is 0 Å². The number of hydrogen-bond acceptors (Lipinski definition) is 3. The summed E-state index contributed by atoms with van der Waals surface area (Å²) >= 11 is 0. The van der Waals surface area contributed by atoms with Gasteiger partial charge in [0.2, 0.25) is 0 Å². The topological polar surface area (TPSA) is 32.5 Å². The molecule has 4 saturated heterocycles. The first-order chi connectivity index (χ1) is 9.74. The fraction of sp³-hybridized carbons (Fsp3) is 1.00. The molecule has 0 aromatic carbocycles. The molecule has 0 aliphatic carbocycles. The zero-order valence-corrected chi connectivity index (χ0v) is 13.4. The molecule has 0 aromatic rings. The van der Waals surface area contributed by atoms with Crippen molar-refractivity contribution in [2.24, 2.45) is 17.6 Å². The molecule has 0 radical (unpaired) electrons. The molecule has 0 spiro atoms. The fourth-order valence-corrected chi connectivity index (χ4v) is 5.09. The van der Waals surface area contributed by atoms with E-state index in [2.05, 4.69) is 23.6 Å². The van der Waals surface area contributed by atoms with Gasteiger partial charge in [-0.25, -0.2) is 0 Å². The van der Waals surface area contributed by atoms with E-state index in [0.29, 0.717) is 6.04 Å². The van der Waals surface area contributed by atoms with Crippen LogP contribution in [0.2, 0.25) is 0 Å². The van der Waals surface area contributed by atoms with Crippen LogP contribution in [0.3, 0.4) is 0 Å². The lowest BCUT2D eigenvalue weighted by Crippen LogP contribution is -2.57. The Morgan fingerprint density at radius 1 is 1.20 bits per heavy atom. The van der Waals surface area contributed by atoms with Crippen LogP contribution in [0.1, 0.15) is 52.4 Å². The Morgan fingerprint density at radius 2 is 1.95 bits per heavy atom. The van der Waals surface area contributed by atoms with Gasteiger partial charge >= 0.3 is 0 Å². The van der Waals surface area contributed by atoms with Crippen LogP contribution < -0.4 is 5.73 Å². The second kappa shape index (κ2) is 6.33. The van der Waals surface area contributed by atoms with E-state index in [-0.39, 0.29) is 0 Å². The summed E-state index contributed by atoms with van der Waals surface area (Å²) in [6, 6.07) is 2.06. The third-order valence-electron chi connectivity index (χ3n) is 6.22. The van der Waals surface area contributed by atoms with Crippen LogP contribution in [0.5, 0.6) is 0 Å². The maximum Gasteiger partial charge on any atom is 0.0294 e. The van der Waals surface area contributed by atoms with E-state index in [4.69, 9.17) is 5.73 Å². The summed E-state index contributed by atoms with van der Waals surface area (Å²) in [6.45, 7) is 9.93. The first kappa shape index (κ1) is 14.8. The summed E-state index contributed by atoms with van der Waals surface area (Å²) in [5, 5.41) is 0. The number of rotatable bonds is 6. The first-order valence-electron chi connectivity index (χ1n) is 8.98. The Kier molecular flexibility index (Phi) is 4.68. The van der Waals surface area contributed by atoms with Gasteiger partial charge < -0.3 is 5.73 Å². The molecule has 116 valence electrons. The molecule has 4 aliphatic heterocycles. The van der Waals surface area contributed by atoms with Crippen molar-refractivity contribution < 1.29 is 0 Å². The van der Waals surface area contributed by atoms with Gasteiger partial charge in [-0.1, -0.05) is 13.8 Å². The van der Waals surface area contributed by atoms with E-state index in [0.717, 1.165) is 30.3 Å². The smallest absolute Gasteiger partial charge is 0.0294 e. The first-order valence-corrected chi connectivity index (χ1v) is 8.98. The van der Waals surface area contributed by atoms with Gasteiger partial charge in [-0.15, -0.1) is 0 Å². The molecule has 4 fully saturated rings. The van der Waals surface area contributed by atoms with Gasteiger partial charge in [0.25, 0.3) is 0 Å². The predicted molar refractivity (Wildman–Crippen MR) is 84.7 cm³/mol. The van der Waals surface area contributed by atoms with Gasteiger partial charge in [0, 0.05) is 24.7 Å². The van der Waals surface area contributed by atoms with Crippen molar-refractivity contribution in [1.82, 2.24) is 9.80 Å². The molecule has 20 heavy (non-hydrogen) atoms. The number of piperidine rings is 3. The normalized spacial score (nSPS) is 41.9. The molecule has 4 rings (SSSR count). The molecule has 4 aliphatic rings. The third kappa shape index (κ3) is 2.65. The van der Waals surface area contributed by atoms with Gasteiger partial charge in [-0.05, 0) is 70.0 Å². The summed E-state index contributed by atoms with van der Waals surface area (Å²) < 4.78 is 0. The number of fused-ring (bicyclic) bond motifs is 2. The average molecular weight is 279 g/mol. The second-order valence-electron chi connectivity index (χ2n) is 7.34. The monoisotopic (exact) mass is 279 g/mol. The highest BCUT2D eigenvalue weighted by Gasteiger charge is 2.51. The van der Waals surface area contributed by atoms with Crippen LogP contribution in [-0.2, 0) is 0 Å².